The number of rotatable bonds is 3. The molecule has 0 aliphatic rings. The maximum Gasteiger partial charge on any atom is 0.216 e. The first-order valence-corrected chi connectivity index (χ1v) is 6.40. The Labute approximate surface area is 120 Å². The van der Waals surface area contributed by atoms with Gasteiger partial charge in [-0.3, -0.25) is 4.98 Å². The standard InChI is InChI=1S/C13H12N6S/c1-18-8-2-3-11(18)9-15-19-12(16-17-13(19)20)10-4-6-14-7-5-10/h2-9H,1H3,(H,17,20)/b15-9-. The van der Waals surface area contributed by atoms with Crippen LogP contribution in [0.15, 0.2) is 48.0 Å². The molecule has 0 spiro atoms. The molecular formula is C13H12N6S. The predicted octanol–water partition coefficient (Wildman–Crippen LogP) is 2.22. The summed E-state index contributed by atoms with van der Waals surface area (Å²) in [6.45, 7) is 0. The molecule has 3 rings (SSSR count). The Bertz CT molecular complexity index is 796. The molecule has 3 heterocycles. The molecule has 100 valence electrons. The zero-order valence-electron chi connectivity index (χ0n) is 10.8. The van der Waals surface area contributed by atoms with E-state index in [0.29, 0.717) is 10.6 Å². The van der Waals surface area contributed by atoms with Crippen LogP contribution in [-0.2, 0) is 7.05 Å². The number of aromatic amines is 1. The average molecular weight is 284 g/mol. The maximum atomic E-state index is 5.21. The molecule has 0 fully saturated rings. The predicted molar refractivity (Wildman–Crippen MR) is 79.0 cm³/mol. The summed E-state index contributed by atoms with van der Waals surface area (Å²) in [5.74, 6) is 0.655. The summed E-state index contributed by atoms with van der Waals surface area (Å²) in [5, 5.41) is 11.4. The number of hydrogen-bond donors (Lipinski definition) is 1. The lowest BCUT2D eigenvalue weighted by Crippen LogP contribution is -1.98. The van der Waals surface area contributed by atoms with Gasteiger partial charge < -0.3 is 4.57 Å². The van der Waals surface area contributed by atoms with E-state index in [1.165, 1.54) is 0 Å². The van der Waals surface area contributed by atoms with Gasteiger partial charge >= 0.3 is 0 Å². The van der Waals surface area contributed by atoms with Crippen LogP contribution in [0.25, 0.3) is 11.4 Å². The van der Waals surface area contributed by atoms with Crippen molar-refractivity contribution in [2.45, 2.75) is 0 Å². The summed E-state index contributed by atoms with van der Waals surface area (Å²) >= 11 is 5.21. The van der Waals surface area contributed by atoms with Crippen LogP contribution in [0.4, 0.5) is 0 Å². The van der Waals surface area contributed by atoms with E-state index in [9.17, 15) is 0 Å². The Morgan fingerprint density at radius 1 is 1.30 bits per heavy atom. The second-order valence-corrected chi connectivity index (χ2v) is 4.58. The smallest absolute Gasteiger partial charge is 0.216 e. The Hall–Kier alpha value is -2.54. The molecule has 0 aliphatic heterocycles. The lowest BCUT2D eigenvalue weighted by molar-refractivity contribution is 0.862. The van der Waals surface area contributed by atoms with Crippen LogP contribution in [0.3, 0.4) is 0 Å². The molecule has 0 aliphatic carbocycles. The van der Waals surface area contributed by atoms with E-state index < -0.39 is 0 Å². The molecule has 0 saturated heterocycles. The molecule has 3 aromatic heterocycles. The topological polar surface area (TPSA) is 63.8 Å². The fourth-order valence-corrected chi connectivity index (χ4v) is 1.99. The minimum atomic E-state index is 0.447. The highest BCUT2D eigenvalue weighted by Gasteiger charge is 2.07. The molecule has 20 heavy (non-hydrogen) atoms. The molecule has 0 aromatic carbocycles. The molecule has 6 nitrogen and oxygen atoms in total. The summed E-state index contributed by atoms with van der Waals surface area (Å²) in [5.41, 5.74) is 1.88. The molecule has 3 aromatic rings. The largest absolute Gasteiger partial charge is 0.350 e. The Balaban J connectivity index is 2.03. The third kappa shape index (κ3) is 2.30. The first-order valence-electron chi connectivity index (χ1n) is 5.99. The number of nitrogens with one attached hydrogen (secondary N) is 1. The lowest BCUT2D eigenvalue weighted by Gasteiger charge is -2.00. The van der Waals surface area contributed by atoms with Gasteiger partial charge in [0.25, 0.3) is 0 Å². The average Bonchev–Trinajstić information content (AvgIpc) is 3.04. The molecule has 0 amide bonds. The van der Waals surface area contributed by atoms with E-state index in [2.05, 4.69) is 20.3 Å². The van der Waals surface area contributed by atoms with Crippen molar-refractivity contribution in [2.24, 2.45) is 12.1 Å². The van der Waals surface area contributed by atoms with Gasteiger partial charge in [-0.15, -0.1) is 0 Å². The quantitative estimate of drug-likeness (QED) is 0.592. The first kappa shape index (κ1) is 12.5. The molecule has 7 heteroatoms. The maximum absolute atomic E-state index is 5.21. The summed E-state index contributed by atoms with van der Waals surface area (Å²) in [6.07, 6.45) is 7.12. The van der Waals surface area contributed by atoms with Crippen molar-refractivity contribution < 1.29 is 0 Å². The van der Waals surface area contributed by atoms with E-state index >= 15 is 0 Å². The third-order valence-corrected chi connectivity index (χ3v) is 3.14. The van der Waals surface area contributed by atoms with Gasteiger partial charge in [0.15, 0.2) is 5.82 Å². The summed E-state index contributed by atoms with van der Waals surface area (Å²) in [4.78, 5) is 3.99. The van der Waals surface area contributed by atoms with Gasteiger partial charge in [0.05, 0.1) is 11.9 Å². The van der Waals surface area contributed by atoms with Gasteiger partial charge in [0.2, 0.25) is 4.77 Å². The number of pyridine rings is 1. The summed E-state index contributed by atoms with van der Waals surface area (Å²) in [7, 11) is 1.96. The normalized spacial score (nSPS) is 11.2. The first-order chi connectivity index (χ1) is 9.75. The number of H-pyrrole nitrogens is 1. The number of aryl methyl sites for hydroxylation is 1. The van der Waals surface area contributed by atoms with E-state index in [-0.39, 0.29) is 0 Å². The minimum absolute atomic E-state index is 0.447. The van der Waals surface area contributed by atoms with E-state index in [4.69, 9.17) is 12.2 Å². The van der Waals surface area contributed by atoms with Crippen molar-refractivity contribution in [3.63, 3.8) is 0 Å². The highest BCUT2D eigenvalue weighted by molar-refractivity contribution is 7.71. The van der Waals surface area contributed by atoms with Crippen molar-refractivity contribution in [3.05, 3.63) is 53.3 Å². The second kappa shape index (κ2) is 5.22. The highest BCUT2D eigenvalue weighted by atomic mass is 32.1. The van der Waals surface area contributed by atoms with E-state index in [0.717, 1.165) is 11.3 Å². The van der Waals surface area contributed by atoms with Gasteiger partial charge in [-0.25, -0.2) is 5.10 Å². The molecular weight excluding hydrogens is 272 g/mol. The van der Waals surface area contributed by atoms with E-state index in [1.54, 1.807) is 23.3 Å². The van der Waals surface area contributed by atoms with Crippen molar-refractivity contribution in [1.82, 2.24) is 24.4 Å². The van der Waals surface area contributed by atoms with Gasteiger partial charge in [0, 0.05) is 31.2 Å². The molecule has 0 atom stereocenters. The zero-order chi connectivity index (χ0) is 13.9. The lowest BCUT2D eigenvalue weighted by atomic mass is 10.2. The monoisotopic (exact) mass is 284 g/mol. The Morgan fingerprint density at radius 3 is 2.80 bits per heavy atom. The van der Waals surface area contributed by atoms with Gasteiger partial charge in [-0.1, -0.05) is 0 Å². The molecule has 1 N–H and O–H groups in total. The fourth-order valence-electron chi connectivity index (χ4n) is 1.81. The van der Waals surface area contributed by atoms with E-state index in [1.807, 2.05) is 42.1 Å². The van der Waals surface area contributed by atoms with Crippen molar-refractivity contribution in [1.29, 1.82) is 0 Å². The minimum Gasteiger partial charge on any atom is -0.350 e. The second-order valence-electron chi connectivity index (χ2n) is 4.19. The SMILES string of the molecule is Cn1cccc1/C=N\n1c(-c2ccncc2)n[nH]c1=S. The summed E-state index contributed by atoms with van der Waals surface area (Å²) in [6, 6.07) is 7.65. The van der Waals surface area contributed by atoms with Crippen LogP contribution < -0.4 is 0 Å². The Morgan fingerprint density at radius 2 is 2.10 bits per heavy atom. The fraction of sp³-hybridized carbons (Fsp3) is 0.0769. The van der Waals surface area contributed by atoms with Crippen LogP contribution >= 0.6 is 12.2 Å². The van der Waals surface area contributed by atoms with Gasteiger partial charge in [-0.05, 0) is 36.5 Å². The summed E-state index contributed by atoms with van der Waals surface area (Å²) < 4.78 is 4.01. The molecule has 0 bridgehead atoms. The van der Waals surface area contributed by atoms with Crippen molar-refractivity contribution in [3.8, 4) is 11.4 Å². The van der Waals surface area contributed by atoms with Crippen LogP contribution in [0.1, 0.15) is 5.69 Å². The van der Waals surface area contributed by atoms with Crippen molar-refractivity contribution in [2.75, 3.05) is 0 Å². The zero-order valence-corrected chi connectivity index (χ0v) is 11.6. The van der Waals surface area contributed by atoms with Gasteiger partial charge in [0.1, 0.15) is 0 Å². The van der Waals surface area contributed by atoms with Crippen LogP contribution in [-0.4, -0.2) is 30.6 Å². The third-order valence-electron chi connectivity index (χ3n) is 2.88. The molecule has 0 saturated carbocycles. The number of aromatic nitrogens is 5. The van der Waals surface area contributed by atoms with Crippen LogP contribution in [0.2, 0.25) is 0 Å². The van der Waals surface area contributed by atoms with Crippen molar-refractivity contribution >= 4 is 18.4 Å². The number of nitrogens with zero attached hydrogens (tertiary/aromatic N) is 5. The van der Waals surface area contributed by atoms with Gasteiger partial charge in [-0.2, -0.15) is 14.9 Å². The van der Waals surface area contributed by atoms with Crippen LogP contribution in [0, 0.1) is 4.77 Å². The number of hydrogen-bond acceptors (Lipinski definition) is 4. The van der Waals surface area contributed by atoms with Crippen LogP contribution in [0.5, 0.6) is 0 Å². The highest BCUT2D eigenvalue weighted by Crippen LogP contribution is 2.15. The molecule has 0 unspecified atom stereocenters. The Kier molecular flexibility index (Phi) is 3.26. The molecule has 0 radical (unpaired) electrons.